The molecule has 38 heavy (non-hydrogen) atoms. The molecule has 0 bridgehead atoms. The third kappa shape index (κ3) is 4.44. The molecule has 1 aliphatic heterocycles. The Morgan fingerprint density at radius 1 is 1.18 bits per heavy atom. The molecule has 0 unspecified atom stereocenters. The van der Waals surface area contributed by atoms with Crippen LogP contribution in [0.4, 0.5) is 0 Å². The van der Waals surface area contributed by atoms with Gasteiger partial charge in [-0.15, -0.1) is 0 Å². The van der Waals surface area contributed by atoms with Crippen LogP contribution in [0.1, 0.15) is 113 Å². The van der Waals surface area contributed by atoms with E-state index in [0.29, 0.717) is 23.2 Å². The van der Waals surface area contributed by atoms with Gasteiger partial charge in [0.05, 0.1) is 5.76 Å². The Balaban J connectivity index is 1.35. The number of allylic oxidation sites excluding steroid dienone is 2. The highest BCUT2D eigenvalue weighted by Gasteiger charge is 2.68. The summed E-state index contributed by atoms with van der Waals surface area (Å²) in [7, 11) is 0. The number of fused-ring (bicyclic) bond motifs is 7. The van der Waals surface area contributed by atoms with Crippen molar-refractivity contribution in [3.63, 3.8) is 0 Å². The smallest absolute Gasteiger partial charge is 0.302 e. The summed E-state index contributed by atoms with van der Waals surface area (Å²) in [5, 5.41) is 2.97. The van der Waals surface area contributed by atoms with Crippen LogP contribution < -0.4 is 5.32 Å². The highest BCUT2D eigenvalue weighted by atomic mass is 16.5. The number of nitrogens with one attached hydrogen (secondary N) is 1. The fourth-order valence-electron chi connectivity index (χ4n) is 10.1. The second-order valence-corrected chi connectivity index (χ2v) is 14.1. The van der Waals surface area contributed by atoms with Gasteiger partial charge in [-0.2, -0.15) is 0 Å². The molecule has 0 radical (unpaired) electrons. The minimum Gasteiger partial charge on any atom is -0.491 e. The molecule has 1 N–H and O–H groups in total. The lowest BCUT2D eigenvalue weighted by molar-refractivity contribution is -0.148. The van der Waals surface area contributed by atoms with Gasteiger partial charge in [0, 0.05) is 39.2 Å². The van der Waals surface area contributed by atoms with Crippen molar-refractivity contribution in [1.29, 1.82) is 0 Å². The van der Waals surface area contributed by atoms with Crippen molar-refractivity contribution in [2.45, 2.75) is 124 Å². The van der Waals surface area contributed by atoms with Crippen LogP contribution in [0, 0.1) is 40.4 Å². The molecule has 0 aromatic carbocycles. The van der Waals surface area contributed by atoms with Gasteiger partial charge < -0.3 is 14.8 Å². The second-order valence-electron chi connectivity index (χ2n) is 14.1. The molecule has 1 heterocycles. The minimum absolute atomic E-state index is 0.0491. The van der Waals surface area contributed by atoms with Crippen LogP contribution in [0.15, 0.2) is 23.0 Å². The fourth-order valence-corrected chi connectivity index (χ4v) is 10.1. The van der Waals surface area contributed by atoms with Gasteiger partial charge in [-0.3, -0.25) is 9.59 Å². The molecule has 5 rings (SSSR count). The summed E-state index contributed by atoms with van der Waals surface area (Å²) >= 11 is 0. The maximum Gasteiger partial charge on any atom is 0.302 e. The first-order chi connectivity index (χ1) is 17.9. The van der Waals surface area contributed by atoms with E-state index >= 15 is 0 Å². The van der Waals surface area contributed by atoms with E-state index in [1.54, 1.807) is 12.5 Å². The third-order valence-corrected chi connectivity index (χ3v) is 11.9. The molecule has 4 aliphatic carbocycles. The third-order valence-electron chi connectivity index (χ3n) is 11.9. The molecular formula is C33H51NO4. The summed E-state index contributed by atoms with van der Waals surface area (Å²) < 4.78 is 12.7. The van der Waals surface area contributed by atoms with Gasteiger partial charge >= 0.3 is 5.97 Å². The van der Waals surface area contributed by atoms with Crippen molar-refractivity contribution >= 4 is 11.9 Å². The predicted octanol–water partition coefficient (Wildman–Crippen LogP) is 7.11. The number of carbonyl (C=O) groups is 2. The Bertz CT molecular complexity index is 1030. The molecule has 3 fully saturated rings. The van der Waals surface area contributed by atoms with Crippen LogP contribution in [-0.4, -0.2) is 30.1 Å². The molecule has 212 valence electrons. The number of rotatable bonds is 7. The maximum atomic E-state index is 11.6. The van der Waals surface area contributed by atoms with Crippen LogP contribution in [0.25, 0.3) is 0 Å². The molecule has 5 heteroatoms. The normalized spacial score (nSPS) is 42.2. The average Bonchev–Trinajstić information content (AvgIpc) is 3.30. The molecule has 1 amide bonds. The molecule has 0 aromatic rings. The SMILES string of the molecule is CC[C@]12C[C@@H]3[C@@H]4CC=C5C[C@H](OC(C)=O)CC[C@]5(C)[C@@H]4CC[C@]3(C)[C@H]1C(C)=C(CC[C@@H](C)CNC(C)=O)O2. The van der Waals surface area contributed by atoms with Gasteiger partial charge in [-0.25, -0.2) is 0 Å². The van der Waals surface area contributed by atoms with E-state index in [9.17, 15) is 9.59 Å². The Morgan fingerprint density at radius 2 is 1.95 bits per heavy atom. The van der Waals surface area contributed by atoms with Crippen molar-refractivity contribution in [1.82, 2.24) is 5.32 Å². The number of ether oxygens (including phenoxy) is 2. The van der Waals surface area contributed by atoms with E-state index in [0.717, 1.165) is 56.9 Å². The van der Waals surface area contributed by atoms with Gasteiger partial charge in [0.1, 0.15) is 11.7 Å². The molecule has 9 atom stereocenters. The Labute approximate surface area is 230 Å². The Morgan fingerprint density at radius 3 is 2.63 bits per heavy atom. The number of hydrogen-bond donors (Lipinski definition) is 1. The maximum absolute atomic E-state index is 11.6. The van der Waals surface area contributed by atoms with E-state index in [-0.39, 0.29) is 29.0 Å². The molecule has 0 spiro atoms. The summed E-state index contributed by atoms with van der Waals surface area (Å²) in [4.78, 5) is 22.9. The monoisotopic (exact) mass is 525 g/mol. The average molecular weight is 526 g/mol. The summed E-state index contributed by atoms with van der Waals surface area (Å²) in [6, 6.07) is 0. The van der Waals surface area contributed by atoms with Crippen molar-refractivity contribution in [2.24, 2.45) is 40.4 Å². The van der Waals surface area contributed by atoms with Gasteiger partial charge in [0.2, 0.25) is 5.91 Å². The lowest BCUT2D eigenvalue weighted by Gasteiger charge is -2.58. The minimum atomic E-state index is -0.145. The lowest BCUT2D eigenvalue weighted by Crippen LogP contribution is -2.50. The summed E-state index contributed by atoms with van der Waals surface area (Å²) in [5.41, 5.74) is 3.57. The van der Waals surface area contributed by atoms with Gasteiger partial charge in [-0.1, -0.05) is 39.3 Å². The number of esters is 1. The molecule has 5 aliphatic rings. The molecule has 0 aromatic heterocycles. The predicted molar refractivity (Wildman–Crippen MR) is 150 cm³/mol. The van der Waals surface area contributed by atoms with Gasteiger partial charge in [-0.05, 0) is 98.4 Å². The van der Waals surface area contributed by atoms with E-state index < -0.39 is 0 Å². The largest absolute Gasteiger partial charge is 0.491 e. The molecule has 0 saturated heterocycles. The fraction of sp³-hybridized carbons (Fsp3) is 0.818. The molecule has 5 nitrogen and oxygen atoms in total. The zero-order chi connectivity index (χ0) is 27.5. The summed E-state index contributed by atoms with van der Waals surface area (Å²) in [6.07, 6.45) is 13.7. The topological polar surface area (TPSA) is 64.6 Å². The van der Waals surface area contributed by atoms with Gasteiger partial charge in [0.25, 0.3) is 0 Å². The molecule has 3 saturated carbocycles. The standard InChI is InChI=1S/C33H51NO4/c1-8-33-18-28-26-11-10-24-17-25(37-23(5)36)13-15-31(24,6)27(26)14-16-32(28,7)30(33)21(3)29(38-33)12-9-20(2)19-34-22(4)35/h10,20,25-28,30H,8-9,11-19H2,1-7H3,(H,34,35)/t20-,25-,26-,27-,28-,30-,31+,32+,33+/m1/s1. The van der Waals surface area contributed by atoms with Crippen molar-refractivity contribution in [2.75, 3.05) is 6.54 Å². The zero-order valence-electron chi connectivity index (χ0n) is 25.0. The summed E-state index contributed by atoms with van der Waals surface area (Å²) in [5.74, 6) is 4.26. The first-order valence-electron chi connectivity index (χ1n) is 15.4. The van der Waals surface area contributed by atoms with Crippen molar-refractivity contribution in [3.05, 3.63) is 23.0 Å². The van der Waals surface area contributed by atoms with Crippen LogP contribution >= 0.6 is 0 Å². The van der Waals surface area contributed by atoms with Crippen molar-refractivity contribution < 1.29 is 19.1 Å². The number of carbonyl (C=O) groups excluding carboxylic acids is 2. The van der Waals surface area contributed by atoms with Crippen LogP contribution in [0.2, 0.25) is 0 Å². The second kappa shape index (κ2) is 10.0. The molecular weight excluding hydrogens is 474 g/mol. The zero-order valence-corrected chi connectivity index (χ0v) is 25.0. The Hall–Kier alpha value is -1.78. The van der Waals surface area contributed by atoms with Crippen LogP contribution in [-0.2, 0) is 19.1 Å². The lowest BCUT2D eigenvalue weighted by atomic mass is 9.47. The number of amides is 1. The van der Waals surface area contributed by atoms with Crippen molar-refractivity contribution in [3.8, 4) is 0 Å². The summed E-state index contributed by atoms with van der Waals surface area (Å²) in [6.45, 7) is 15.9. The Kier molecular flexibility index (Phi) is 7.31. The quantitative estimate of drug-likeness (QED) is 0.284. The van der Waals surface area contributed by atoms with Gasteiger partial charge in [0.15, 0.2) is 0 Å². The first-order valence-corrected chi connectivity index (χ1v) is 15.4. The number of hydrogen-bond acceptors (Lipinski definition) is 4. The highest BCUT2D eigenvalue weighted by Crippen LogP contribution is 2.72. The first kappa shape index (κ1) is 27.8. The highest BCUT2D eigenvalue weighted by molar-refractivity contribution is 5.72. The van der Waals surface area contributed by atoms with E-state index in [2.05, 4.69) is 46.0 Å². The van der Waals surface area contributed by atoms with Crippen LogP contribution in [0.5, 0.6) is 0 Å². The van der Waals surface area contributed by atoms with E-state index in [1.807, 2.05) is 0 Å². The van der Waals surface area contributed by atoms with E-state index in [1.165, 1.54) is 43.9 Å². The van der Waals surface area contributed by atoms with Crippen LogP contribution in [0.3, 0.4) is 0 Å². The van der Waals surface area contributed by atoms with E-state index in [4.69, 9.17) is 9.47 Å².